The summed E-state index contributed by atoms with van der Waals surface area (Å²) in [5.41, 5.74) is 0.572. The van der Waals surface area contributed by atoms with E-state index in [1.54, 1.807) is 35.7 Å². The van der Waals surface area contributed by atoms with Crippen LogP contribution in [0.2, 0.25) is 0 Å². The lowest BCUT2D eigenvalue weighted by atomic mass is 10.1. The van der Waals surface area contributed by atoms with Gasteiger partial charge in [-0.15, -0.1) is 11.8 Å². The van der Waals surface area contributed by atoms with Crippen LogP contribution in [-0.2, 0) is 26.0 Å². The summed E-state index contributed by atoms with van der Waals surface area (Å²) in [5.74, 6) is -0.615. The molecule has 31 heavy (non-hydrogen) atoms. The molecule has 8 heteroatoms. The Balaban J connectivity index is 1.66. The van der Waals surface area contributed by atoms with E-state index in [1.165, 1.54) is 12.2 Å². The van der Waals surface area contributed by atoms with Gasteiger partial charge in [-0.05, 0) is 52.6 Å². The van der Waals surface area contributed by atoms with Gasteiger partial charge in [0.15, 0.2) is 15.6 Å². The van der Waals surface area contributed by atoms with Gasteiger partial charge in [0.25, 0.3) is 0 Å². The van der Waals surface area contributed by atoms with Gasteiger partial charge in [0.1, 0.15) is 0 Å². The highest BCUT2D eigenvalue weighted by molar-refractivity contribution is 8.17. The zero-order chi connectivity index (χ0) is 22.1. The molecule has 4 rings (SSSR count). The van der Waals surface area contributed by atoms with Gasteiger partial charge in [0, 0.05) is 29.2 Å². The molecule has 0 radical (unpaired) electrons. The van der Waals surface area contributed by atoms with Crippen molar-refractivity contribution in [3.63, 3.8) is 0 Å². The zero-order valence-corrected chi connectivity index (χ0v) is 18.8. The summed E-state index contributed by atoms with van der Waals surface area (Å²) in [5, 5.41) is 8.96. The standard InChI is InChI=1S/C23H19NO4S3/c24-31(27,28)23(14-5-15-29-23)22(25)13-11-18-7-3-4-9-21(18)30(26)20-12-10-17-6-1-2-8-19(17)16-20/h1-13,15-16H,14H2,(H2,24,27,28). The van der Waals surface area contributed by atoms with Crippen LogP contribution in [0.15, 0.2) is 94.1 Å². The molecule has 158 valence electrons. The maximum atomic E-state index is 13.3. The van der Waals surface area contributed by atoms with Crippen LogP contribution < -0.4 is 5.14 Å². The smallest absolute Gasteiger partial charge is 0.232 e. The van der Waals surface area contributed by atoms with Crippen molar-refractivity contribution in [2.24, 2.45) is 5.14 Å². The van der Waals surface area contributed by atoms with E-state index in [4.69, 9.17) is 5.14 Å². The fraction of sp³-hybridized carbons (Fsp3) is 0.0870. The highest BCUT2D eigenvalue weighted by atomic mass is 32.3. The molecule has 2 atom stereocenters. The van der Waals surface area contributed by atoms with Crippen LogP contribution >= 0.6 is 11.8 Å². The quantitative estimate of drug-likeness (QED) is 0.430. The Labute approximate surface area is 188 Å². The minimum Gasteiger partial charge on any atom is -0.606 e. The Kier molecular flexibility index (Phi) is 6.09. The van der Waals surface area contributed by atoms with E-state index in [-0.39, 0.29) is 6.42 Å². The second-order valence-electron chi connectivity index (χ2n) is 7.00. The van der Waals surface area contributed by atoms with Gasteiger partial charge < -0.3 is 4.55 Å². The van der Waals surface area contributed by atoms with Gasteiger partial charge in [-0.2, -0.15) is 0 Å². The molecule has 0 saturated heterocycles. The third kappa shape index (κ3) is 4.22. The lowest BCUT2D eigenvalue weighted by Gasteiger charge is -2.22. The van der Waals surface area contributed by atoms with Crippen molar-refractivity contribution < 1.29 is 17.8 Å². The molecule has 0 amide bonds. The fourth-order valence-electron chi connectivity index (χ4n) is 3.38. The number of fused-ring (bicyclic) bond motifs is 1. The number of hydrogen-bond donors (Lipinski definition) is 1. The second kappa shape index (κ2) is 8.64. The summed E-state index contributed by atoms with van der Waals surface area (Å²) in [6.07, 6.45) is 4.34. The van der Waals surface area contributed by atoms with Gasteiger partial charge >= 0.3 is 0 Å². The van der Waals surface area contributed by atoms with Crippen LogP contribution in [0.25, 0.3) is 16.8 Å². The lowest BCUT2D eigenvalue weighted by molar-refractivity contribution is -0.114. The summed E-state index contributed by atoms with van der Waals surface area (Å²) >= 11 is -0.587. The number of thioether (sulfide) groups is 1. The largest absolute Gasteiger partial charge is 0.606 e. The van der Waals surface area contributed by atoms with Crippen LogP contribution in [0.1, 0.15) is 12.0 Å². The van der Waals surface area contributed by atoms with Crippen molar-refractivity contribution in [3.8, 4) is 0 Å². The van der Waals surface area contributed by atoms with Crippen LogP contribution in [0.3, 0.4) is 0 Å². The lowest BCUT2D eigenvalue weighted by Crippen LogP contribution is -2.44. The number of sulfonamides is 1. The number of nitrogens with two attached hydrogens (primary N) is 1. The van der Waals surface area contributed by atoms with Crippen molar-refractivity contribution in [1.82, 2.24) is 0 Å². The Bertz CT molecular complexity index is 1310. The van der Waals surface area contributed by atoms with Gasteiger partial charge in [-0.3, -0.25) is 4.79 Å². The molecule has 2 N–H and O–H groups in total. The first-order valence-corrected chi connectivity index (χ1v) is 13.0. The molecule has 0 spiro atoms. The number of allylic oxidation sites excluding steroid dienone is 2. The fourth-order valence-corrected chi connectivity index (χ4v) is 6.78. The summed E-state index contributed by atoms with van der Waals surface area (Å²) in [6, 6.07) is 20.5. The Morgan fingerprint density at radius 3 is 2.48 bits per heavy atom. The third-order valence-electron chi connectivity index (χ3n) is 5.04. The first-order valence-electron chi connectivity index (χ1n) is 9.39. The molecule has 0 aromatic heterocycles. The molecular weight excluding hydrogens is 450 g/mol. The van der Waals surface area contributed by atoms with E-state index in [1.807, 2.05) is 42.5 Å². The van der Waals surface area contributed by atoms with Gasteiger partial charge in [0.2, 0.25) is 14.1 Å². The van der Waals surface area contributed by atoms with Crippen molar-refractivity contribution in [3.05, 3.63) is 89.9 Å². The molecule has 0 saturated carbocycles. The predicted molar refractivity (Wildman–Crippen MR) is 126 cm³/mol. The molecule has 1 aliphatic rings. The van der Waals surface area contributed by atoms with Gasteiger partial charge in [-0.25, -0.2) is 13.6 Å². The predicted octanol–water partition coefficient (Wildman–Crippen LogP) is 4.22. The zero-order valence-electron chi connectivity index (χ0n) is 16.3. The average molecular weight is 470 g/mol. The molecule has 3 aromatic rings. The van der Waals surface area contributed by atoms with Crippen molar-refractivity contribution in [2.75, 3.05) is 0 Å². The number of carbonyl (C=O) groups excluding carboxylic acids is 1. The molecule has 5 nitrogen and oxygen atoms in total. The van der Waals surface area contributed by atoms with Gasteiger partial charge in [0.05, 0.1) is 0 Å². The number of primary sulfonamides is 1. The van der Waals surface area contributed by atoms with E-state index in [9.17, 15) is 17.8 Å². The van der Waals surface area contributed by atoms with E-state index >= 15 is 0 Å². The highest BCUT2D eigenvalue weighted by Crippen LogP contribution is 2.41. The van der Waals surface area contributed by atoms with Crippen LogP contribution in [-0.4, -0.2) is 22.8 Å². The Morgan fingerprint density at radius 2 is 1.77 bits per heavy atom. The van der Waals surface area contributed by atoms with E-state index in [0.717, 1.165) is 22.5 Å². The van der Waals surface area contributed by atoms with Crippen LogP contribution in [0.5, 0.6) is 0 Å². The molecule has 1 heterocycles. The third-order valence-corrected chi connectivity index (χ3v) is 9.85. The number of hydrogen-bond acceptors (Lipinski definition) is 5. The summed E-state index contributed by atoms with van der Waals surface area (Å²) in [7, 11) is -4.12. The van der Waals surface area contributed by atoms with Crippen molar-refractivity contribution in [2.45, 2.75) is 20.3 Å². The number of carbonyl (C=O) groups is 1. The second-order valence-corrected chi connectivity index (χ2v) is 11.7. The maximum absolute atomic E-state index is 13.3. The maximum Gasteiger partial charge on any atom is 0.232 e. The summed E-state index contributed by atoms with van der Waals surface area (Å²) < 4.78 is 35.7. The summed E-state index contributed by atoms with van der Waals surface area (Å²) in [6.45, 7) is 0. The monoisotopic (exact) mass is 469 g/mol. The minimum absolute atomic E-state index is 0.0182. The number of benzene rings is 3. The molecule has 0 aliphatic carbocycles. The average Bonchev–Trinajstić information content (AvgIpc) is 3.28. The Morgan fingerprint density at radius 1 is 1.06 bits per heavy atom. The number of rotatable bonds is 6. The molecule has 0 bridgehead atoms. The normalized spacial score (nSPS) is 19.8. The SMILES string of the molecule is NS(=O)(=O)C1(C(=O)C=Cc2ccccc2[S+]([O-])c2ccc3ccccc3c2)CC=CS1. The first kappa shape index (κ1) is 21.9. The van der Waals surface area contributed by atoms with Crippen LogP contribution in [0, 0.1) is 0 Å². The molecule has 1 aliphatic heterocycles. The summed E-state index contributed by atoms with van der Waals surface area (Å²) in [4.78, 5) is 14.0. The Hall–Kier alpha value is -2.36. The van der Waals surface area contributed by atoms with Crippen LogP contribution in [0.4, 0.5) is 0 Å². The molecular formula is C23H19NO4S3. The van der Waals surface area contributed by atoms with E-state index in [2.05, 4.69) is 0 Å². The van der Waals surface area contributed by atoms with Crippen molar-refractivity contribution >= 4 is 55.6 Å². The number of ketones is 1. The first-order chi connectivity index (χ1) is 14.8. The highest BCUT2D eigenvalue weighted by Gasteiger charge is 2.49. The molecule has 3 aromatic carbocycles. The molecule has 2 unspecified atom stereocenters. The minimum atomic E-state index is -4.12. The topological polar surface area (TPSA) is 100 Å². The van der Waals surface area contributed by atoms with E-state index in [0.29, 0.717) is 15.4 Å². The molecule has 0 fully saturated rings. The van der Waals surface area contributed by atoms with Gasteiger partial charge in [-0.1, -0.05) is 42.5 Å². The van der Waals surface area contributed by atoms with Crippen molar-refractivity contribution in [1.29, 1.82) is 0 Å². The van der Waals surface area contributed by atoms with E-state index < -0.39 is 31.1 Å².